The summed E-state index contributed by atoms with van der Waals surface area (Å²) in [4.78, 5) is 42.6. The molecule has 0 saturated carbocycles. The first kappa shape index (κ1) is 21.6. The highest BCUT2D eigenvalue weighted by molar-refractivity contribution is 6.26. The number of benzene rings is 3. The molecule has 32 heavy (non-hydrogen) atoms. The van der Waals surface area contributed by atoms with Gasteiger partial charge in [-0.2, -0.15) is 0 Å². The molecule has 1 heterocycles. The van der Waals surface area contributed by atoms with Crippen LogP contribution in [0.25, 0.3) is 10.8 Å². The molecule has 1 aliphatic heterocycles. The Morgan fingerprint density at radius 2 is 1.69 bits per heavy atom. The van der Waals surface area contributed by atoms with E-state index >= 15 is 0 Å². The Bertz CT molecular complexity index is 1150. The number of anilines is 1. The first-order valence-corrected chi connectivity index (χ1v) is 11.0. The molecule has 1 aliphatic rings. The molecule has 0 radical (unpaired) electrons. The second-order valence-corrected chi connectivity index (χ2v) is 7.90. The molecule has 1 unspecified atom stereocenters. The third kappa shape index (κ3) is 3.96. The average Bonchev–Trinajstić information content (AvgIpc) is 3.08. The molecule has 3 amide bonds. The average molecular weight is 430 g/mol. The number of nitrogens with zero attached hydrogens (tertiary/aromatic N) is 2. The van der Waals surface area contributed by atoms with Gasteiger partial charge in [-0.25, -0.2) is 0 Å². The third-order valence-corrected chi connectivity index (χ3v) is 5.88. The van der Waals surface area contributed by atoms with Gasteiger partial charge in [-0.1, -0.05) is 61.5 Å². The van der Waals surface area contributed by atoms with Gasteiger partial charge in [0.15, 0.2) is 0 Å². The van der Waals surface area contributed by atoms with Crippen LogP contribution < -0.4 is 10.2 Å². The maximum atomic E-state index is 13.6. The number of amides is 3. The van der Waals surface area contributed by atoms with E-state index in [9.17, 15) is 14.4 Å². The largest absolute Gasteiger partial charge is 0.355 e. The second-order valence-electron chi connectivity index (χ2n) is 7.90. The van der Waals surface area contributed by atoms with E-state index in [1.807, 2.05) is 74.5 Å². The van der Waals surface area contributed by atoms with Crippen molar-refractivity contribution >= 4 is 34.2 Å². The van der Waals surface area contributed by atoms with E-state index < -0.39 is 6.04 Å². The van der Waals surface area contributed by atoms with Crippen LogP contribution in [0, 0.1) is 0 Å². The lowest BCUT2D eigenvalue weighted by Gasteiger charge is -2.32. The molecule has 1 atom stereocenters. The minimum absolute atomic E-state index is 0.116. The summed E-state index contributed by atoms with van der Waals surface area (Å²) >= 11 is 0. The fraction of sp³-hybridized carbons (Fsp3) is 0.269. The summed E-state index contributed by atoms with van der Waals surface area (Å²) in [6, 6.07) is 20.3. The summed E-state index contributed by atoms with van der Waals surface area (Å²) in [5, 5.41) is 4.68. The monoisotopic (exact) mass is 429 g/mol. The highest BCUT2D eigenvalue weighted by Crippen LogP contribution is 2.37. The van der Waals surface area contributed by atoms with Crippen molar-refractivity contribution in [1.29, 1.82) is 0 Å². The first-order valence-electron chi connectivity index (χ1n) is 11.0. The Morgan fingerprint density at radius 1 is 0.969 bits per heavy atom. The number of carbonyl (C=O) groups excluding carboxylic acids is 3. The smallest absolute Gasteiger partial charge is 0.259 e. The molecule has 3 aromatic carbocycles. The first-order chi connectivity index (χ1) is 15.5. The van der Waals surface area contributed by atoms with E-state index in [0.717, 1.165) is 22.0 Å². The third-order valence-electron chi connectivity index (χ3n) is 5.88. The van der Waals surface area contributed by atoms with E-state index in [4.69, 9.17) is 0 Å². The predicted molar refractivity (Wildman–Crippen MR) is 125 cm³/mol. The number of hydrogen-bond donors (Lipinski definition) is 1. The quantitative estimate of drug-likeness (QED) is 0.593. The zero-order chi connectivity index (χ0) is 22.7. The van der Waals surface area contributed by atoms with Gasteiger partial charge >= 0.3 is 0 Å². The lowest BCUT2D eigenvalue weighted by Crippen LogP contribution is -2.52. The van der Waals surface area contributed by atoms with Crippen LogP contribution in [0.2, 0.25) is 0 Å². The molecule has 164 valence electrons. The van der Waals surface area contributed by atoms with Gasteiger partial charge in [0.25, 0.3) is 5.91 Å². The van der Waals surface area contributed by atoms with Gasteiger partial charge in [0.2, 0.25) is 11.8 Å². The van der Waals surface area contributed by atoms with Crippen LogP contribution in [0.15, 0.2) is 66.7 Å². The van der Waals surface area contributed by atoms with Crippen LogP contribution in [0.1, 0.15) is 36.2 Å². The topological polar surface area (TPSA) is 69.7 Å². The molecule has 0 spiro atoms. The van der Waals surface area contributed by atoms with Crippen molar-refractivity contribution in [1.82, 2.24) is 10.2 Å². The molecule has 4 rings (SSSR count). The zero-order valence-corrected chi connectivity index (χ0v) is 18.4. The van der Waals surface area contributed by atoms with Crippen molar-refractivity contribution in [3.05, 3.63) is 77.9 Å². The van der Waals surface area contributed by atoms with Crippen molar-refractivity contribution in [2.45, 2.75) is 32.9 Å². The molecule has 0 saturated heterocycles. The van der Waals surface area contributed by atoms with Gasteiger partial charge in [-0.05, 0) is 36.4 Å². The number of likely N-dealkylation sites (N-methyl/N-ethyl adjacent to an activating group) is 1. The van der Waals surface area contributed by atoms with Gasteiger partial charge in [-0.15, -0.1) is 0 Å². The summed E-state index contributed by atoms with van der Waals surface area (Å²) in [5.41, 5.74) is 2.28. The van der Waals surface area contributed by atoms with Crippen molar-refractivity contribution in [3.63, 3.8) is 0 Å². The van der Waals surface area contributed by atoms with Crippen molar-refractivity contribution in [2.75, 3.05) is 18.0 Å². The lowest BCUT2D eigenvalue weighted by molar-refractivity contribution is -0.140. The van der Waals surface area contributed by atoms with Crippen LogP contribution in [0.4, 0.5) is 5.69 Å². The molecular formula is C26H27N3O3. The second kappa shape index (κ2) is 9.22. The van der Waals surface area contributed by atoms with Gasteiger partial charge in [0, 0.05) is 24.0 Å². The van der Waals surface area contributed by atoms with Crippen molar-refractivity contribution < 1.29 is 14.4 Å². The Kier molecular flexibility index (Phi) is 6.21. The van der Waals surface area contributed by atoms with Crippen LogP contribution in [0.5, 0.6) is 0 Å². The van der Waals surface area contributed by atoms with E-state index in [1.54, 1.807) is 11.0 Å². The summed E-state index contributed by atoms with van der Waals surface area (Å²) in [7, 11) is 0. The predicted octanol–water partition coefficient (Wildman–Crippen LogP) is 3.74. The lowest BCUT2D eigenvalue weighted by atomic mass is 10.1. The standard InChI is InChI=1S/C26H27N3O3/c1-3-21(25(31)27-4-2)28(16-18-10-6-5-7-11-18)23(30)17-29-22-15-9-13-19-12-8-14-20(24(19)22)26(29)32/h5-15,21H,3-4,16-17H2,1-2H3,(H,27,31). The van der Waals surface area contributed by atoms with E-state index in [-0.39, 0.29) is 24.3 Å². The molecule has 6 heteroatoms. The van der Waals surface area contributed by atoms with E-state index in [2.05, 4.69) is 5.32 Å². The van der Waals surface area contributed by atoms with E-state index in [1.165, 1.54) is 4.90 Å². The van der Waals surface area contributed by atoms with Gasteiger partial charge in [0.1, 0.15) is 12.6 Å². The molecular weight excluding hydrogens is 402 g/mol. The van der Waals surface area contributed by atoms with Gasteiger partial charge in [0.05, 0.1) is 5.69 Å². The van der Waals surface area contributed by atoms with Crippen LogP contribution in [-0.4, -0.2) is 41.8 Å². The molecule has 0 fully saturated rings. The van der Waals surface area contributed by atoms with Gasteiger partial charge in [-0.3, -0.25) is 19.3 Å². The molecule has 0 aromatic heterocycles. The molecule has 3 aromatic rings. The highest BCUT2D eigenvalue weighted by atomic mass is 16.2. The fourth-order valence-corrected chi connectivity index (χ4v) is 4.35. The van der Waals surface area contributed by atoms with Crippen LogP contribution in [-0.2, 0) is 16.1 Å². The minimum atomic E-state index is -0.612. The molecule has 0 bridgehead atoms. The van der Waals surface area contributed by atoms with Crippen LogP contribution >= 0.6 is 0 Å². The SMILES string of the molecule is CCNC(=O)C(CC)N(Cc1ccccc1)C(=O)CN1C(=O)c2cccc3cccc1c23. The Morgan fingerprint density at radius 3 is 2.38 bits per heavy atom. The highest BCUT2D eigenvalue weighted by Gasteiger charge is 2.34. The Hall–Kier alpha value is -3.67. The van der Waals surface area contributed by atoms with Gasteiger partial charge < -0.3 is 10.2 Å². The minimum Gasteiger partial charge on any atom is -0.355 e. The Balaban J connectivity index is 1.65. The zero-order valence-electron chi connectivity index (χ0n) is 18.4. The van der Waals surface area contributed by atoms with Crippen LogP contribution in [0.3, 0.4) is 0 Å². The maximum absolute atomic E-state index is 13.6. The normalized spacial score (nSPS) is 13.3. The number of hydrogen-bond acceptors (Lipinski definition) is 3. The maximum Gasteiger partial charge on any atom is 0.259 e. The summed E-state index contributed by atoms with van der Waals surface area (Å²) < 4.78 is 0. The molecule has 1 N–H and O–H groups in total. The summed E-state index contributed by atoms with van der Waals surface area (Å²) in [6.07, 6.45) is 0.480. The number of rotatable bonds is 8. The number of nitrogens with one attached hydrogen (secondary N) is 1. The number of carbonyl (C=O) groups is 3. The fourth-order valence-electron chi connectivity index (χ4n) is 4.35. The van der Waals surface area contributed by atoms with Crippen molar-refractivity contribution in [3.8, 4) is 0 Å². The van der Waals surface area contributed by atoms with E-state index in [0.29, 0.717) is 25.1 Å². The Labute approximate surface area is 187 Å². The molecule has 0 aliphatic carbocycles. The summed E-state index contributed by atoms with van der Waals surface area (Å²) in [5.74, 6) is -0.626. The summed E-state index contributed by atoms with van der Waals surface area (Å²) in [6.45, 7) is 4.42. The van der Waals surface area contributed by atoms with Crippen molar-refractivity contribution in [2.24, 2.45) is 0 Å². The molecule has 6 nitrogen and oxygen atoms in total.